The van der Waals surface area contributed by atoms with E-state index in [9.17, 15) is 9.59 Å². The van der Waals surface area contributed by atoms with E-state index in [1.807, 2.05) is 41.3 Å². The van der Waals surface area contributed by atoms with E-state index in [0.29, 0.717) is 62.5 Å². The molecule has 1 atom stereocenters. The summed E-state index contributed by atoms with van der Waals surface area (Å²) < 4.78 is 16.3. The van der Waals surface area contributed by atoms with E-state index in [-0.39, 0.29) is 11.9 Å². The molecule has 2 aliphatic heterocycles. The zero-order valence-corrected chi connectivity index (χ0v) is 20.2. The summed E-state index contributed by atoms with van der Waals surface area (Å²) in [5.41, 5.74) is 3.14. The lowest BCUT2D eigenvalue weighted by Gasteiger charge is -2.29. The molecule has 1 fully saturated rings. The van der Waals surface area contributed by atoms with Crippen LogP contribution in [0.3, 0.4) is 0 Å². The van der Waals surface area contributed by atoms with Crippen molar-refractivity contribution in [3.05, 3.63) is 59.2 Å². The molecule has 0 aliphatic carbocycles. The molecule has 1 saturated heterocycles. The van der Waals surface area contributed by atoms with Crippen molar-refractivity contribution in [1.82, 2.24) is 4.90 Å². The van der Waals surface area contributed by atoms with E-state index >= 15 is 0 Å². The van der Waals surface area contributed by atoms with E-state index in [2.05, 4.69) is 5.32 Å². The van der Waals surface area contributed by atoms with E-state index in [1.54, 1.807) is 6.07 Å². The first-order valence-electron chi connectivity index (χ1n) is 12.2. The van der Waals surface area contributed by atoms with Crippen LogP contribution in [-0.2, 0) is 20.7 Å². The Morgan fingerprint density at radius 3 is 2.57 bits per heavy atom. The normalized spacial score (nSPS) is 17.2. The highest BCUT2D eigenvalue weighted by molar-refractivity contribution is 6.05. The van der Waals surface area contributed by atoms with Crippen LogP contribution >= 0.6 is 0 Å². The van der Waals surface area contributed by atoms with Gasteiger partial charge in [-0.15, -0.1) is 0 Å². The van der Waals surface area contributed by atoms with Gasteiger partial charge in [-0.25, -0.2) is 0 Å². The maximum absolute atomic E-state index is 12.9. The van der Waals surface area contributed by atoms with Gasteiger partial charge in [-0.2, -0.15) is 0 Å². The molecule has 0 aromatic heterocycles. The number of rotatable bonds is 8. The number of nitrogens with one attached hydrogen (secondary N) is 2. The molecule has 2 aromatic carbocycles. The Hall–Kier alpha value is -3.39. The highest BCUT2D eigenvalue weighted by atomic mass is 16.5. The quantitative estimate of drug-likeness (QED) is 0.258. The van der Waals surface area contributed by atoms with Gasteiger partial charge >= 0.3 is 5.97 Å². The number of hydrogen-bond acceptors (Lipinski definition) is 6. The number of benzene rings is 2. The maximum Gasteiger partial charge on any atom is 0.302 e. The van der Waals surface area contributed by atoms with Gasteiger partial charge in [0.1, 0.15) is 11.6 Å². The third-order valence-corrected chi connectivity index (χ3v) is 6.36. The number of anilines is 1. The van der Waals surface area contributed by atoms with Crippen molar-refractivity contribution in [1.29, 1.82) is 5.41 Å². The molecule has 4 rings (SSSR count). The minimum absolute atomic E-state index is 0.174. The molecule has 2 aromatic rings. The molecule has 0 radical (unpaired) electrons. The van der Waals surface area contributed by atoms with Crippen LogP contribution in [-0.4, -0.2) is 62.1 Å². The van der Waals surface area contributed by atoms with E-state index < -0.39 is 0 Å². The van der Waals surface area contributed by atoms with Crippen LogP contribution in [0.2, 0.25) is 0 Å². The van der Waals surface area contributed by atoms with Gasteiger partial charge in [-0.1, -0.05) is 0 Å². The van der Waals surface area contributed by atoms with Crippen LogP contribution < -0.4 is 10.1 Å². The molecule has 0 saturated carbocycles. The fraction of sp³-hybridized carbons (Fsp3) is 0.444. The number of ether oxygens (including phenoxy) is 3. The Bertz CT molecular complexity index is 1050. The Morgan fingerprint density at radius 1 is 1.09 bits per heavy atom. The van der Waals surface area contributed by atoms with Crippen LogP contribution in [0.1, 0.15) is 47.7 Å². The van der Waals surface area contributed by atoms with E-state index in [1.165, 1.54) is 6.92 Å². The molecule has 1 unspecified atom stereocenters. The number of amidine groups is 1. The third kappa shape index (κ3) is 6.82. The molecule has 2 heterocycles. The van der Waals surface area contributed by atoms with Crippen LogP contribution in [0.4, 0.5) is 5.69 Å². The lowest BCUT2D eigenvalue weighted by molar-refractivity contribution is -0.141. The van der Waals surface area contributed by atoms with Gasteiger partial charge < -0.3 is 24.4 Å². The number of carbonyl (C=O) groups is 2. The topological polar surface area (TPSA) is 101 Å². The molecule has 2 aliphatic rings. The average molecular weight is 480 g/mol. The largest absolute Gasteiger partial charge is 0.493 e. The molecule has 8 heteroatoms. The van der Waals surface area contributed by atoms with Gasteiger partial charge in [0.2, 0.25) is 0 Å². The fourth-order valence-corrected chi connectivity index (χ4v) is 4.42. The average Bonchev–Trinajstić information content (AvgIpc) is 2.88. The molecule has 1 amide bonds. The van der Waals surface area contributed by atoms with Gasteiger partial charge in [0, 0.05) is 36.8 Å². The van der Waals surface area contributed by atoms with Crippen molar-refractivity contribution >= 4 is 23.4 Å². The SMILES string of the molecule is CC(=O)OCCCCC1COc2ccc(C(=O)Nc3ccc(C(=N)N4CCOCC4)cc3)cc2C1. The van der Waals surface area contributed by atoms with Crippen molar-refractivity contribution in [2.45, 2.75) is 32.6 Å². The van der Waals surface area contributed by atoms with Crippen molar-refractivity contribution in [2.75, 3.05) is 44.8 Å². The minimum atomic E-state index is -0.242. The van der Waals surface area contributed by atoms with Gasteiger partial charge in [0.15, 0.2) is 0 Å². The monoisotopic (exact) mass is 479 g/mol. The van der Waals surface area contributed by atoms with E-state index in [4.69, 9.17) is 19.6 Å². The lowest BCUT2D eigenvalue weighted by atomic mass is 9.91. The first-order valence-corrected chi connectivity index (χ1v) is 12.2. The molecule has 0 spiro atoms. The summed E-state index contributed by atoms with van der Waals surface area (Å²) in [7, 11) is 0. The molecule has 0 bridgehead atoms. The zero-order chi connectivity index (χ0) is 24.6. The summed E-state index contributed by atoms with van der Waals surface area (Å²) >= 11 is 0. The predicted molar refractivity (Wildman–Crippen MR) is 133 cm³/mol. The molecule has 8 nitrogen and oxygen atoms in total. The van der Waals surface area contributed by atoms with Gasteiger partial charge in [0.05, 0.1) is 26.4 Å². The second-order valence-electron chi connectivity index (χ2n) is 9.02. The summed E-state index contributed by atoms with van der Waals surface area (Å²) in [5, 5.41) is 11.4. The van der Waals surface area contributed by atoms with Crippen LogP contribution in [0.5, 0.6) is 5.75 Å². The fourth-order valence-electron chi connectivity index (χ4n) is 4.42. The predicted octanol–water partition coefficient (Wildman–Crippen LogP) is 3.88. The van der Waals surface area contributed by atoms with Crippen molar-refractivity contribution in [2.24, 2.45) is 5.92 Å². The Kier molecular flexibility index (Phi) is 8.36. The molecular formula is C27H33N3O5. The number of amides is 1. The molecule has 35 heavy (non-hydrogen) atoms. The van der Waals surface area contributed by atoms with Crippen LogP contribution in [0.15, 0.2) is 42.5 Å². The number of nitrogens with zero attached hydrogens (tertiary/aromatic N) is 1. The first-order chi connectivity index (χ1) is 17.0. The highest BCUT2D eigenvalue weighted by Crippen LogP contribution is 2.30. The van der Waals surface area contributed by atoms with Gasteiger partial charge in [-0.05, 0) is 79.6 Å². The number of morpholine rings is 1. The van der Waals surface area contributed by atoms with Crippen LogP contribution in [0.25, 0.3) is 0 Å². The summed E-state index contributed by atoms with van der Waals surface area (Å²) in [6.45, 7) is 5.26. The Labute approximate surface area is 206 Å². The summed E-state index contributed by atoms with van der Waals surface area (Å²) in [4.78, 5) is 25.7. The number of esters is 1. The van der Waals surface area contributed by atoms with Gasteiger partial charge in [0.25, 0.3) is 5.91 Å². The van der Waals surface area contributed by atoms with Crippen molar-refractivity contribution < 1.29 is 23.8 Å². The van der Waals surface area contributed by atoms with Crippen molar-refractivity contribution in [3.63, 3.8) is 0 Å². The molecule has 186 valence electrons. The van der Waals surface area contributed by atoms with Gasteiger partial charge in [-0.3, -0.25) is 15.0 Å². The summed E-state index contributed by atoms with van der Waals surface area (Å²) in [5.74, 6) is 1.28. The Balaban J connectivity index is 1.31. The number of hydrogen-bond donors (Lipinski definition) is 2. The number of unbranched alkanes of at least 4 members (excludes halogenated alkanes) is 1. The number of fused-ring (bicyclic) bond motifs is 1. The molecule has 2 N–H and O–H groups in total. The summed E-state index contributed by atoms with van der Waals surface area (Å²) in [6.07, 6.45) is 3.66. The first kappa shape index (κ1) is 24.7. The van der Waals surface area contributed by atoms with Crippen LogP contribution in [0, 0.1) is 11.3 Å². The van der Waals surface area contributed by atoms with Crippen molar-refractivity contribution in [3.8, 4) is 5.75 Å². The van der Waals surface area contributed by atoms with E-state index in [0.717, 1.165) is 42.6 Å². The molecular weight excluding hydrogens is 446 g/mol. The third-order valence-electron chi connectivity index (χ3n) is 6.36. The standard InChI is InChI=1S/C27H33N3O5/c1-19(31)34-13-3-2-4-20-16-23-17-22(7-10-25(23)35-18-20)27(32)29-24-8-5-21(6-9-24)26(28)30-11-14-33-15-12-30/h5-10,17,20,28H,2-4,11-16,18H2,1H3,(H,29,32). The minimum Gasteiger partial charge on any atom is -0.493 e. The highest BCUT2D eigenvalue weighted by Gasteiger charge is 2.21. The lowest BCUT2D eigenvalue weighted by Crippen LogP contribution is -2.40. The summed E-state index contributed by atoms with van der Waals surface area (Å²) in [6, 6.07) is 13.0. The maximum atomic E-state index is 12.9. The second kappa shape index (κ2) is 11.8. The smallest absolute Gasteiger partial charge is 0.302 e. The number of carbonyl (C=O) groups excluding carboxylic acids is 2. The second-order valence-corrected chi connectivity index (χ2v) is 9.02. The zero-order valence-electron chi connectivity index (χ0n) is 20.2. The Morgan fingerprint density at radius 2 is 1.83 bits per heavy atom.